The zero-order chi connectivity index (χ0) is 21.5. The Bertz CT molecular complexity index is 1080. The summed E-state index contributed by atoms with van der Waals surface area (Å²) in [6.45, 7) is 2.50. The van der Waals surface area contributed by atoms with Gasteiger partial charge in [-0.25, -0.2) is 9.50 Å². The SMILES string of the molecule is COc1ccc(CC(=O)N2CC[C@H](c3cc4nc(C)cc(C(F)(F)F)n4n3)C2)cc1. The van der Waals surface area contributed by atoms with Gasteiger partial charge in [-0.2, -0.15) is 18.3 Å². The van der Waals surface area contributed by atoms with E-state index >= 15 is 0 Å². The van der Waals surface area contributed by atoms with E-state index in [2.05, 4.69) is 10.1 Å². The van der Waals surface area contributed by atoms with Gasteiger partial charge >= 0.3 is 6.18 Å². The van der Waals surface area contributed by atoms with Gasteiger partial charge in [0.25, 0.3) is 0 Å². The first-order valence-corrected chi connectivity index (χ1v) is 9.60. The van der Waals surface area contributed by atoms with Gasteiger partial charge in [0.2, 0.25) is 5.91 Å². The first-order valence-electron chi connectivity index (χ1n) is 9.60. The Kier molecular flexibility index (Phi) is 5.13. The average Bonchev–Trinajstić information content (AvgIpc) is 3.34. The van der Waals surface area contributed by atoms with Gasteiger partial charge in [0, 0.05) is 30.8 Å². The number of alkyl halides is 3. The number of carbonyl (C=O) groups excluding carboxylic acids is 1. The molecular weight excluding hydrogens is 397 g/mol. The minimum atomic E-state index is -4.52. The highest BCUT2D eigenvalue weighted by molar-refractivity contribution is 5.79. The van der Waals surface area contributed by atoms with Gasteiger partial charge in [0.05, 0.1) is 19.2 Å². The second kappa shape index (κ2) is 7.62. The van der Waals surface area contributed by atoms with Crippen molar-refractivity contribution < 1.29 is 22.7 Å². The molecular formula is C21H21F3N4O2. The molecule has 1 aromatic carbocycles. The number of aryl methyl sites for hydroxylation is 1. The van der Waals surface area contributed by atoms with E-state index in [1.807, 2.05) is 12.1 Å². The number of halogens is 3. The van der Waals surface area contributed by atoms with Crippen LogP contribution in [0.25, 0.3) is 5.65 Å². The van der Waals surface area contributed by atoms with Crippen LogP contribution in [0.2, 0.25) is 0 Å². The largest absolute Gasteiger partial charge is 0.497 e. The summed E-state index contributed by atoms with van der Waals surface area (Å²) in [5, 5.41) is 4.18. The zero-order valence-electron chi connectivity index (χ0n) is 16.6. The lowest BCUT2D eigenvalue weighted by atomic mass is 10.1. The Hall–Kier alpha value is -3.10. The fourth-order valence-corrected chi connectivity index (χ4v) is 3.78. The van der Waals surface area contributed by atoms with Gasteiger partial charge in [-0.3, -0.25) is 4.79 Å². The molecule has 0 saturated carbocycles. The summed E-state index contributed by atoms with van der Waals surface area (Å²) in [4.78, 5) is 18.6. The van der Waals surface area contributed by atoms with Gasteiger partial charge in [-0.15, -0.1) is 0 Å². The van der Waals surface area contributed by atoms with Crippen molar-refractivity contribution in [2.75, 3.05) is 20.2 Å². The molecule has 0 bridgehead atoms. The summed E-state index contributed by atoms with van der Waals surface area (Å²) in [7, 11) is 1.58. The van der Waals surface area contributed by atoms with Crippen LogP contribution in [-0.4, -0.2) is 45.6 Å². The van der Waals surface area contributed by atoms with Crippen molar-refractivity contribution in [1.29, 1.82) is 0 Å². The van der Waals surface area contributed by atoms with Crippen molar-refractivity contribution >= 4 is 11.6 Å². The number of carbonyl (C=O) groups is 1. The molecule has 2 aromatic heterocycles. The van der Waals surface area contributed by atoms with Gasteiger partial charge in [0.15, 0.2) is 5.65 Å². The van der Waals surface area contributed by atoms with Crippen LogP contribution in [-0.2, 0) is 17.4 Å². The summed E-state index contributed by atoms with van der Waals surface area (Å²) in [5.41, 5.74) is 1.01. The van der Waals surface area contributed by atoms with Crippen molar-refractivity contribution in [1.82, 2.24) is 19.5 Å². The standard InChI is InChI=1S/C21H21F3N4O2/c1-13-9-18(21(22,23)24)28-19(25-13)11-17(26-28)15-7-8-27(12-15)20(29)10-14-3-5-16(30-2)6-4-14/h3-6,9,11,15H,7-8,10,12H2,1-2H3/t15-/m0/s1. The molecule has 0 spiro atoms. The predicted molar refractivity (Wildman–Crippen MR) is 103 cm³/mol. The van der Waals surface area contributed by atoms with Crippen molar-refractivity contribution in [3.05, 3.63) is 59.0 Å². The van der Waals surface area contributed by atoms with E-state index in [1.165, 1.54) is 6.92 Å². The van der Waals surface area contributed by atoms with E-state index in [9.17, 15) is 18.0 Å². The third kappa shape index (κ3) is 3.96. The molecule has 1 amide bonds. The zero-order valence-corrected chi connectivity index (χ0v) is 16.6. The van der Waals surface area contributed by atoms with E-state index < -0.39 is 11.9 Å². The number of methoxy groups -OCH3 is 1. The minimum Gasteiger partial charge on any atom is -0.497 e. The van der Waals surface area contributed by atoms with Gasteiger partial charge in [-0.05, 0) is 37.1 Å². The molecule has 0 aliphatic carbocycles. The molecule has 1 fully saturated rings. The first-order chi connectivity index (χ1) is 14.2. The van der Waals surface area contributed by atoms with E-state index in [0.29, 0.717) is 25.2 Å². The Labute approximate surface area is 171 Å². The van der Waals surface area contributed by atoms with Crippen LogP contribution in [0.3, 0.4) is 0 Å². The smallest absolute Gasteiger partial charge is 0.433 e. The van der Waals surface area contributed by atoms with Crippen LogP contribution in [0.5, 0.6) is 5.75 Å². The fraction of sp³-hybridized carbons (Fsp3) is 0.381. The highest BCUT2D eigenvalue weighted by Crippen LogP contribution is 2.32. The highest BCUT2D eigenvalue weighted by Gasteiger charge is 2.36. The van der Waals surface area contributed by atoms with Crippen molar-refractivity contribution in [3.63, 3.8) is 0 Å². The maximum atomic E-state index is 13.4. The Morgan fingerprint density at radius 3 is 2.63 bits per heavy atom. The summed E-state index contributed by atoms with van der Waals surface area (Å²) in [6, 6.07) is 9.88. The van der Waals surface area contributed by atoms with Crippen molar-refractivity contribution in [3.8, 4) is 5.75 Å². The lowest BCUT2D eigenvalue weighted by molar-refractivity contribution is -0.142. The first kappa shape index (κ1) is 20.2. The number of hydrogen-bond donors (Lipinski definition) is 0. The van der Waals surface area contributed by atoms with Crippen LogP contribution < -0.4 is 4.74 Å². The summed E-state index contributed by atoms with van der Waals surface area (Å²) in [5.74, 6) is 0.589. The minimum absolute atomic E-state index is 0.0172. The van der Waals surface area contributed by atoms with E-state index in [1.54, 1.807) is 30.2 Å². The maximum absolute atomic E-state index is 13.4. The maximum Gasteiger partial charge on any atom is 0.433 e. The Morgan fingerprint density at radius 2 is 1.97 bits per heavy atom. The summed E-state index contributed by atoms with van der Waals surface area (Å²) in [6.07, 6.45) is -3.61. The molecule has 1 saturated heterocycles. The predicted octanol–water partition coefficient (Wildman–Crippen LogP) is 3.62. The van der Waals surface area contributed by atoms with Crippen LogP contribution in [0.4, 0.5) is 13.2 Å². The third-order valence-corrected chi connectivity index (χ3v) is 5.34. The molecule has 0 N–H and O–H groups in total. The molecule has 1 aliphatic heterocycles. The Balaban J connectivity index is 1.50. The fourth-order valence-electron chi connectivity index (χ4n) is 3.78. The molecule has 9 heteroatoms. The molecule has 4 rings (SSSR count). The van der Waals surface area contributed by atoms with E-state index in [-0.39, 0.29) is 29.6 Å². The highest BCUT2D eigenvalue weighted by atomic mass is 19.4. The normalized spacial score (nSPS) is 17.0. The van der Waals surface area contributed by atoms with Crippen LogP contribution in [0.1, 0.15) is 35.0 Å². The number of amides is 1. The summed E-state index contributed by atoms with van der Waals surface area (Å²) < 4.78 is 46.0. The van der Waals surface area contributed by atoms with Crippen LogP contribution in [0.15, 0.2) is 36.4 Å². The molecule has 0 unspecified atom stereocenters. The summed E-state index contributed by atoms with van der Waals surface area (Å²) >= 11 is 0. The van der Waals surface area contributed by atoms with E-state index in [4.69, 9.17) is 4.74 Å². The van der Waals surface area contributed by atoms with Gasteiger partial charge in [0.1, 0.15) is 11.4 Å². The lowest BCUT2D eigenvalue weighted by Gasteiger charge is -2.16. The molecule has 3 heterocycles. The lowest BCUT2D eigenvalue weighted by Crippen LogP contribution is -2.29. The molecule has 1 atom stereocenters. The topological polar surface area (TPSA) is 59.7 Å². The number of rotatable bonds is 4. The average molecular weight is 418 g/mol. The molecule has 1 aliphatic rings. The number of benzene rings is 1. The van der Waals surface area contributed by atoms with Crippen molar-refractivity contribution in [2.45, 2.75) is 31.9 Å². The number of likely N-dealkylation sites (tertiary alicyclic amines) is 1. The molecule has 0 radical (unpaired) electrons. The monoisotopic (exact) mass is 418 g/mol. The van der Waals surface area contributed by atoms with Gasteiger partial charge in [-0.1, -0.05) is 12.1 Å². The number of fused-ring (bicyclic) bond motifs is 1. The second-order valence-electron chi connectivity index (χ2n) is 7.47. The number of nitrogens with zero attached hydrogens (tertiary/aromatic N) is 4. The van der Waals surface area contributed by atoms with Crippen molar-refractivity contribution in [2.24, 2.45) is 0 Å². The number of hydrogen-bond acceptors (Lipinski definition) is 4. The second-order valence-corrected chi connectivity index (χ2v) is 7.47. The molecule has 30 heavy (non-hydrogen) atoms. The third-order valence-electron chi connectivity index (χ3n) is 5.34. The number of ether oxygens (including phenoxy) is 1. The molecule has 6 nitrogen and oxygen atoms in total. The molecule has 158 valence electrons. The van der Waals surface area contributed by atoms with Crippen LogP contribution in [0, 0.1) is 6.92 Å². The van der Waals surface area contributed by atoms with Gasteiger partial charge < -0.3 is 9.64 Å². The Morgan fingerprint density at radius 1 is 1.23 bits per heavy atom. The number of aromatic nitrogens is 3. The quantitative estimate of drug-likeness (QED) is 0.649. The van der Waals surface area contributed by atoms with E-state index in [0.717, 1.165) is 21.9 Å². The van der Waals surface area contributed by atoms with Crippen LogP contribution >= 0.6 is 0 Å². The molecule has 3 aromatic rings.